The maximum absolute atomic E-state index is 12.8. The maximum atomic E-state index is 12.8. The summed E-state index contributed by atoms with van der Waals surface area (Å²) in [5, 5.41) is 6.46. The predicted octanol–water partition coefficient (Wildman–Crippen LogP) is 3.07. The van der Waals surface area contributed by atoms with E-state index in [1.54, 1.807) is 38.5 Å². The van der Waals surface area contributed by atoms with Gasteiger partial charge in [0.25, 0.3) is 5.91 Å². The van der Waals surface area contributed by atoms with Crippen molar-refractivity contribution in [1.29, 1.82) is 0 Å². The molecule has 3 aromatic rings. The number of carbonyl (C=O) groups is 3. The van der Waals surface area contributed by atoms with E-state index in [4.69, 9.17) is 9.47 Å². The smallest absolute Gasteiger partial charge is 0.324 e. The number of methoxy groups -OCH3 is 2. The number of carbonyl (C=O) groups excluding carboxylic acids is 3. The molecule has 1 atom stereocenters. The predicted molar refractivity (Wildman–Crippen MR) is 123 cm³/mol. The molecule has 0 bridgehead atoms. The van der Waals surface area contributed by atoms with Gasteiger partial charge in [0.2, 0.25) is 5.91 Å². The molecular formula is C24H26N4O5. The number of ether oxygens (including phenoxy) is 2. The van der Waals surface area contributed by atoms with Crippen LogP contribution in [0.5, 0.6) is 11.5 Å². The van der Waals surface area contributed by atoms with Gasteiger partial charge < -0.3 is 25.1 Å². The first-order valence-corrected chi connectivity index (χ1v) is 10.7. The molecule has 33 heavy (non-hydrogen) atoms. The Hall–Kier alpha value is -4.01. The van der Waals surface area contributed by atoms with Crippen molar-refractivity contribution in [3.63, 3.8) is 0 Å². The van der Waals surface area contributed by atoms with Gasteiger partial charge >= 0.3 is 6.03 Å². The Kier molecular flexibility index (Phi) is 6.48. The van der Waals surface area contributed by atoms with Crippen LogP contribution in [0, 0.1) is 0 Å². The quantitative estimate of drug-likeness (QED) is 0.434. The summed E-state index contributed by atoms with van der Waals surface area (Å²) in [6, 6.07) is 11.6. The lowest BCUT2D eigenvalue weighted by Gasteiger charge is -2.13. The van der Waals surface area contributed by atoms with E-state index in [1.807, 2.05) is 24.4 Å². The molecule has 4 rings (SSSR count). The molecule has 0 spiro atoms. The molecule has 3 N–H and O–H groups in total. The second-order valence-corrected chi connectivity index (χ2v) is 7.78. The normalized spacial score (nSPS) is 15.6. The van der Waals surface area contributed by atoms with Crippen molar-refractivity contribution in [2.45, 2.75) is 25.3 Å². The number of nitrogens with one attached hydrogen (secondary N) is 3. The van der Waals surface area contributed by atoms with Crippen LogP contribution in [0.2, 0.25) is 0 Å². The van der Waals surface area contributed by atoms with Gasteiger partial charge in [-0.1, -0.05) is 0 Å². The molecule has 2 aromatic carbocycles. The minimum Gasteiger partial charge on any atom is -0.497 e. The van der Waals surface area contributed by atoms with Crippen molar-refractivity contribution < 1.29 is 23.9 Å². The van der Waals surface area contributed by atoms with Crippen molar-refractivity contribution in [2.24, 2.45) is 0 Å². The van der Waals surface area contributed by atoms with E-state index in [0.717, 1.165) is 22.2 Å². The largest absolute Gasteiger partial charge is 0.497 e. The van der Waals surface area contributed by atoms with Gasteiger partial charge in [0.15, 0.2) is 0 Å². The van der Waals surface area contributed by atoms with E-state index >= 15 is 0 Å². The van der Waals surface area contributed by atoms with Crippen LogP contribution in [-0.4, -0.2) is 54.5 Å². The third-order valence-electron chi connectivity index (χ3n) is 5.72. The molecule has 1 aromatic heterocycles. The van der Waals surface area contributed by atoms with Gasteiger partial charge in [0.05, 0.1) is 14.2 Å². The van der Waals surface area contributed by atoms with Crippen LogP contribution in [-0.2, 0) is 16.0 Å². The first kappa shape index (κ1) is 22.2. The summed E-state index contributed by atoms with van der Waals surface area (Å²) < 4.78 is 10.4. The van der Waals surface area contributed by atoms with E-state index in [0.29, 0.717) is 17.9 Å². The van der Waals surface area contributed by atoms with Crippen molar-refractivity contribution in [3.8, 4) is 11.5 Å². The van der Waals surface area contributed by atoms with Crippen LogP contribution in [0.25, 0.3) is 10.9 Å². The summed E-state index contributed by atoms with van der Waals surface area (Å²) in [6.07, 6.45) is 2.73. The minimum atomic E-state index is -0.706. The van der Waals surface area contributed by atoms with Crippen LogP contribution < -0.4 is 20.1 Å². The van der Waals surface area contributed by atoms with Crippen LogP contribution >= 0.6 is 0 Å². The number of benzene rings is 2. The Morgan fingerprint density at radius 1 is 1.06 bits per heavy atom. The molecule has 0 radical (unpaired) electrons. The Morgan fingerprint density at radius 2 is 1.79 bits per heavy atom. The van der Waals surface area contributed by atoms with Crippen LogP contribution in [0.4, 0.5) is 10.5 Å². The number of hydrogen-bond donors (Lipinski definition) is 3. The first-order chi connectivity index (χ1) is 16.0. The lowest BCUT2D eigenvalue weighted by Crippen LogP contribution is -2.33. The number of anilines is 1. The molecule has 1 fully saturated rings. The number of rotatable bonds is 9. The number of hydrogen-bond acceptors (Lipinski definition) is 5. The Morgan fingerprint density at radius 3 is 2.52 bits per heavy atom. The average Bonchev–Trinajstić information content (AvgIpc) is 3.35. The zero-order valence-electron chi connectivity index (χ0n) is 18.5. The molecule has 1 aliphatic rings. The SMILES string of the molecule is COc1ccc(NC(=O)CC[C@H]2NC(=O)N(CCc3c[nH]c4ccc(OC)cc34)C2=O)cc1. The molecular weight excluding hydrogens is 424 g/mol. The van der Waals surface area contributed by atoms with Gasteiger partial charge in [-0.25, -0.2) is 4.79 Å². The number of fused-ring (bicyclic) bond motifs is 1. The number of H-pyrrole nitrogens is 1. The van der Waals surface area contributed by atoms with Gasteiger partial charge in [0, 0.05) is 35.8 Å². The molecule has 0 unspecified atom stereocenters. The number of nitrogens with zero attached hydrogens (tertiary/aromatic N) is 1. The van der Waals surface area contributed by atoms with E-state index in [-0.39, 0.29) is 31.2 Å². The van der Waals surface area contributed by atoms with Gasteiger partial charge in [-0.2, -0.15) is 0 Å². The maximum Gasteiger partial charge on any atom is 0.324 e. The zero-order valence-corrected chi connectivity index (χ0v) is 18.5. The highest BCUT2D eigenvalue weighted by Crippen LogP contribution is 2.24. The second kappa shape index (κ2) is 9.64. The molecule has 1 aliphatic heterocycles. The van der Waals surface area contributed by atoms with E-state index in [2.05, 4.69) is 15.6 Å². The minimum absolute atomic E-state index is 0.110. The van der Waals surface area contributed by atoms with Crippen LogP contribution in [0.1, 0.15) is 18.4 Å². The zero-order chi connectivity index (χ0) is 23.4. The summed E-state index contributed by atoms with van der Waals surface area (Å²) in [4.78, 5) is 41.8. The molecule has 9 heteroatoms. The number of urea groups is 1. The van der Waals surface area contributed by atoms with E-state index in [9.17, 15) is 14.4 Å². The monoisotopic (exact) mass is 450 g/mol. The first-order valence-electron chi connectivity index (χ1n) is 10.7. The fourth-order valence-electron chi connectivity index (χ4n) is 3.88. The summed E-state index contributed by atoms with van der Waals surface area (Å²) in [6.45, 7) is 0.253. The summed E-state index contributed by atoms with van der Waals surface area (Å²) in [7, 11) is 3.18. The number of imide groups is 1. The Balaban J connectivity index is 1.30. The lowest BCUT2D eigenvalue weighted by molar-refractivity contribution is -0.127. The average molecular weight is 450 g/mol. The highest BCUT2D eigenvalue weighted by atomic mass is 16.5. The topological polar surface area (TPSA) is 113 Å². The number of aromatic amines is 1. The third-order valence-corrected chi connectivity index (χ3v) is 5.72. The third kappa shape index (κ3) is 4.92. The summed E-state index contributed by atoms with van der Waals surface area (Å²) in [5.74, 6) is 0.897. The summed E-state index contributed by atoms with van der Waals surface area (Å²) in [5.41, 5.74) is 2.59. The van der Waals surface area contributed by atoms with Crippen molar-refractivity contribution in [2.75, 3.05) is 26.1 Å². The van der Waals surface area contributed by atoms with Gasteiger partial charge in [-0.15, -0.1) is 0 Å². The van der Waals surface area contributed by atoms with Crippen molar-refractivity contribution in [1.82, 2.24) is 15.2 Å². The van der Waals surface area contributed by atoms with Crippen LogP contribution in [0.3, 0.4) is 0 Å². The highest BCUT2D eigenvalue weighted by Gasteiger charge is 2.37. The molecule has 2 heterocycles. The second-order valence-electron chi connectivity index (χ2n) is 7.78. The number of amides is 4. The van der Waals surface area contributed by atoms with Gasteiger partial charge in [-0.05, 0) is 60.9 Å². The fourth-order valence-corrected chi connectivity index (χ4v) is 3.88. The van der Waals surface area contributed by atoms with Gasteiger partial charge in [0.1, 0.15) is 17.5 Å². The molecule has 1 saturated heterocycles. The standard InChI is InChI=1S/C24H26N4O5/c1-32-17-5-3-16(4-6-17)26-22(29)10-9-21-23(30)28(24(31)27-21)12-11-15-14-25-20-8-7-18(33-2)13-19(15)20/h3-8,13-14,21,25H,9-12H2,1-2H3,(H,26,29)(H,27,31)/t21-/m1/s1. The molecule has 0 saturated carbocycles. The summed E-state index contributed by atoms with van der Waals surface area (Å²) >= 11 is 0. The Bertz CT molecular complexity index is 1170. The fraction of sp³-hybridized carbons (Fsp3) is 0.292. The van der Waals surface area contributed by atoms with Crippen molar-refractivity contribution >= 4 is 34.4 Å². The molecule has 9 nitrogen and oxygen atoms in total. The van der Waals surface area contributed by atoms with E-state index in [1.165, 1.54) is 4.90 Å². The molecule has 172 valence electrons. The number of aromatic nitrogens is 1. The highest BCUT2D eigenvalue weighted by molar-refractivity contribution is 6.04. The molecule has 0 aliphatic carbocycles. The molecule has 4 amide bonds. The lowest BCUT2D eigenvalue weighted by atomic mass is 10.1. The van der Waals surface area contributed by atoms with Crippen LogP contribution in [0.15, 0.2) is 48.7 Å². The Labute approximate surface area is 191 Å². The van der Waals surface area contributed by atoms with E-state index < -0.39 is 12.1 Å². The van der Waals surface area contributed by atoms with Gasteiger partial charge in [-0.3, -0.25) is 14.5 Å². The van der Waals surface area contributed by atoms with Crippen molar-refractivity contribution in [3.05, 3.63) is 54.2 Å².